The average molecular weight is 231 g/mol. The van der Waals surface area contributed by atoms with Gasteiger partial charge in [-0.2, -0.15) is 0 Å². The maximum Gasteiger partial charge on any atom is 0.325 e. The van der Waals surface area contributed by atoms with Gasteiger partial charge in [-0.3, -0.25) is 9.59 Å². The second-order valence-corrected chi connectivity index (χ2v) is 3.43. The van der Waals surface area contributed by atoms with E-state index in [4.69, 9.17) is 14.2 Å². The molecule has 0 radical (unpaired) electrons. The summed E-state index contributed by atoms with van der Waals surface area (Å²) in [6.45, 7) is 3.12. The molecule has 0 aromatic heterocycles. The van der Waals surface area contributed by atoms with Crippen molar-refractivity contribution in [3.63, 3.8) is 0 Å². The summed E-state index contributed by atoms with van der Waals surface area (Å²) in [6, 6.07) is 0. The van der Waals surface area contributed by atoms with Gasteiger partial charge in [0.15, 0.2) is 6.10 Å². The Morgan fingerprint density at radius 2 is 2.19 bits per heavy atom. The lowest BCUT2D eigenvalue weighted by Crippen LogP contribution is -2.45. The molecule has 0 N–H and O–H groups in total. The monoisotopic (exact) mass is 231 g/mol. The van der Waals surface area contributed by atoms with Gasteiger partial charge in [0.25, 0.3) is 5.91 Å². The van der Waals surface area contributed by atoms with Crippen molar-refractivity contribution in [1.29, 1.82) is 0 Å². The summed E-state index contributed by atoms with van der Waals surface area (Å²) in [7, 11) is 1.54. The molecule has 92 valence electrons. The molecular weight excluding hydrogens is 214 g/mol. The summed E-state index contributed by atoms with van der Waals surface area (Å²) in [5.41, 5.74) is 0. The molecule has 1 fully saturated rings. The van der Waals surface area contributed by atoms with Crippen molar-refractivity contribution >= 4 is 11.9 Å². The van der Waals surface area contributed by atoms with E-state index in [2.05, 4.69) is 0 Å². The summed E-state index contributed by atoms with van der Waals surface area (Å²) >= 11 is 0. The number of rotatable bonds is 4. The Labute approximate surface area is 94.4 Å². The number of esters is 1. The van der Waals surface area contributed by atoms with Gasteiger partial charge in [-0.25, -0.2) is 0 Å². The molecule has 0 aromatic carbocycles. The molecule has 0 saturated carbocycles. The highest BCUT2D eigenvalue weighted by Gasteiger charge is 2.26. The molecule has 1 rings (SSSR count). The topological polar surface area (TPSA) is 65.1 Å². The van der Waals surface area contributed by atoms with Crippen molar-refractivity contribution in [2.45, 2.75) is 13.0 Å². The van der Waals surface area contributed by atoms with Crippen LogP contribution < -0.4 is 0 Å². The van der Waals surface area contributed by atoms with Crippen LogP contribution in [0.1, 0.15) is 6.92 Å². The van der Waals surface area contributed by atoms with E-state index in [0.717, 1.165) is 0 Å². The Hall–Kier alpha value is -1.14. The third-order valence-electron chi connectivity index (χ3n) is 2.14. The predicted octanol–water partition coefficient (Wildman–Crippen LogP) is -0.577. The van der Waals surface area contributed by atoms with Crippen LogP contribution in [0.5, 0.6) is 0 Å². The van der Waals surface area contributed by atoms with Crippen LogP contribution in [0.25, 0.3) is 0 Å². The molecule has 1 heterocycles. The second kappa shape index (κ2) is 6.44. The van der Waals surface area contributed by atoms with Crippen molar-refractivity contribution in [2.24, 2.45) is 0 Å². The number of hydrogen-bond acceptors (Lipinski definition) is 5. The van der Waals surface area contributed by atoms with E-state index in [0.29, 0.717) is 19.8 Å². The van der Waals surface area contributed by atoms with E-state index in [1.54, 1.807) is 6.92 Å². The lowest BCUT2D eigenvalue weighted by atomic mass is 10.3. The molecule has 1 atom stereocenters. The fourth-order valence-corrected chi connectivity index (χ4v) is 1.35. The number of carbonyl (C=O) groups is 2. The molecule has 1 aliphatic rings. The number of carbonyl (C=O) groups excluding carboxylic acids is 2. The van der Waals surface area contributed by atoms with Gasteiger partial charge in [-0.15, -0.1) is 0 Å². The molecule has 6 heteroatoms. The van der Waals surface area contributed by atoms with Crippen molar-refractivity contribution in [1.82, 2.24) is 4.90 Å². The summed E-state index contributed by atoms with van der Waals surface area (Å²) in [5.74, 6) is -0.678. The summed E-state index contributed by atoms with van der Waals surface area (Å²) < 4.78 is 15.1. The first-order valence-electron chi connectivity index (χ1n) is 5.25. The van der Waals surface area contributed by atoms with Crippen LogP contribution in [0.15, 0.2) is 0 Å². The Morgan fingerprint density at radius 3 is 2.75 bits per heavy atom. The fraction of sp³-hybridized carbons (Fsp3) is 0.800. The first-order chi connectivity index (χ1) is 7.65. The molecule has 1 unspecified atom stereocenters. The van der Waals surface area contributed by atoms with Gasteiger partial charge in [-0.05, 0) is 6.92 Å². The van der Waals surface area contributed by atoms with Crippen molar-refractivity contribution in [3.8, 4) is 0 Å². The Bertz CT molecular complexity index is 250. The van der Waals surface area contributed by atoms with Gasteiger partial charge >= 0.3 is 5.97 Å². The summed E-state index contributed by atoms with van der Waals surface area (Å²) in [5, 5.41) is 0. The second-order valence-electron chi connectivity index (χ2n) is 3.43. The Kier molecular flexibility index (Phi) is 5.21. The Morgan fingerprint density at radius 1 is 1.44 bits per heavy atom. The SMILES string of the molecule is CCOC(=O)CN(C)C(=O)C1COCCO1. The quantitative estimate of drug-likeness (QED) is 0.606. The zero-order valence-electron chi connectivity index (χ0n) is 9.60. The maximum atomic E-state index is 11.8. The molecule has 6 nitrogen and oxygen atoms in total. The van der Waals surface area contributed by atoms with Crippen LogP contribution >= 0.6 is 0 Å². The van der Waals surface area contributed by atoms with Crippen molar-refractivity contribution in [3.05, 3.63) is 0 Å². The van der Waals surface area contributed by atoms with Crippen LogP contribution in [-0.4, -0.2) is 62.9 Å². The molecule has 1 saturated heterocycles. The molecule has 0 aliphatic carbocycles. The highest BCUT2D eigenvalue weighted by Crippen LogP contribution is 2.04. The first kappa shape index (κ1) is 12.9. The third kappa shape index (κ3) is 3.79. The average Bonchev–Trinajstić information content (AvgIpc) is 2.29. The molecule has 0 spiro atoms. The van der Waals surface area contributed by atoms with Crippen LogP contribution in [0.3, 0.4) is 0 Å². The van der Waals surface area contributed by atoms with E-state index in [1.165, 1.54) is 11.9 Å². The molecule has 1 aliphatic heterocycles. The van der Waals surface area contributed by atoms with Gasteiger partial charge in [0.05, 0.1) is 26.4 Å². The zero-order valence-corrected chi connectivity index (χ0v) is 9.60. The number of likely N-dealkylation sites (N-methyl/N-ethyl adjacent to an activating group) is 1. The minimum absolute atomic E-state index is 0.0630. The molecular formula is C10H17NO5. The summed E-state index contributed by atoms with van der Waals surface area (Å²) in [4.78, 5) is 24.2. The van der Waals surface area contributed by atoms with E-state index >= 15 is 0 Å². The Balaban J connectivity index is 2.37. The number of nitrogens with zero attached hydrogens (tertiary/aromatic N) is 1. The van der Waals surface area contributed by atoms with Crippen LogP contribution in [-0.2, 0) is 23.8 Å². The smallest absolute Gasteiger partial charge is 0.325 e. The highest BCUT2D eigenvalue weighted by molar-refractivity contribution is 5.85. The minimum atomic E-state index is -0.604. The van der Waals surface area contributed by atoms with Gasteiger partial charge in [-0.1, -0.05) is 0 Å². The molecule has 16 heavy (non-hydrogen) atoms. The lowest BCUT2D eigenvalue weighted by Gasteiger charge is -2.26. The van der Waals surface area contributed by atoms with Gasteiger partial charge < -0.3 is 19.1 Å². The third-order valence-corrected chi connectivity index (χ3v) is 2.14. The van der Waals surface area contributed by atoms with E-state index in [-0.39, 0.29) is 19.1 Å². The number of amides is 1. The fourth-order valence-electron chi connectivity index (χ4n) is 1.35. The molecule has 1 amide bonds. The maximum absolute atomic E-state index is 11.8. The van der Waals surface area contributed by atoms with Gasteiger partial charge in [0.2, 0.25) is 0 Å². The van der Waals surface area contributed by atoms with Crippen LogP contribution in [0.4, 0.5) is 0 Å². The summed E-state index contributed by atoms with van der Waals surface area (Å²) in [6.07, 6.45) is -0.604. The standard InChI is InChI=1S/C10H17NO5/c1-3-15-9(12)6-11(2)10(13)8-7-14-4-5-16-8/h8H,3-7H2,1-2H3. The van der Waals surface area contributed by atoms with Gasteiger partial charge in [0, 0.05) is 7.05 Å². The van der Waals surface area contributed by atoms with Crippen LogP contribution in [0, 0.1) is 0 Å². The highest BCUT2D eigenvalue weighted by atomic mass is 16.6. The minimum Gasteiger partial charge on any atom is -0.465 e. The normalized spacial score (nSPS) is 20.2. The van der Waals surface area contributed by atoms with E-state index in [1.807, 2.05) is 0 Å². The molecule has 0 aromatic rings. The molecule has 0 bridgehead atoms. The predicted molar refractivity (Wildman–Crippen MR) is 54.8 cm³/mol. The lowest BCUT2D eigenvalue weighted by molar-refractivity contribution is -0.161. The van der Waals surface area contributed by atoms with Crippen molar-refractivity contribution < 1.29 is 23.8 Å². The van der Waals surface area contributed by atoms with Crippen molar-refractivity contribution in [2.75, 3.05) is 40.0 Å². The number of hydrogen-bond donors (Lipinski definition) is 0. The van der Waals surface area contributed by atoms with E-state index < -0.39 is 12.1 Å². The largest absolute Gasteiger partial charge is 0.465 e. The van der Waals surface area contributed by atoms with E-state index in [9.17, 15) is 9.59 Å². The van der Waals surface area contributed by atoms with Crippen LogP contribution in [0.2, 0.25) is 0 Å². The zero-order chi connectivity index (χ0) is 12.0. The first-order valence-corrected chi connectivity index (χ1v) is 5.25. The number of ether oxygens (including phenoxy) is 3. The van der Waals surface area contributed by atoms with Gasteiger partial charge in [0.1, 0.15) is 6.54 Å².